The Morgan fingerprint density at radius 2 is 1.83 bits per heavy atom. The zero-order valence-corrected chi connectivity index (χ0v) is 9.74. The molecule has 0 aliphatic carbocycles. The smallest absolute Gasteiger partial charge is 0.399 e. The van der Waals surface area contributed by atoms with Crippen molar-refractivity contribution in [1.29, 1.82) is 0 Å². The van der Waals surface area contributed by atoms with Gasteiger partial charge in [-0.25, -0.2) is 0 Å². The number of halogens is 3. The Kier molecular flexibility index (Phi) is 3.38. The fraction of sp³-hybridized carbons (Fsp3) is 0.500. The van der Waals surface area contributed by atoms with Gasteiger partial charge in [-0.15, -0.1) is 0 Å². The summed E-state index contributed by atoms with van der Waals surface area (Å²) < 4.78 is 38.8. The molecule has 3 N–H and O–H groups in total. The number of aliphatic hydroxyl groups is 1. The van der Waals surface area contributed by atoms with Crippen molar-refractivity contribution in [2.75, 3.05) is 23.7 Å². The zero-order chi connectivity index (χ0) is 13.3. The van der Waals surface area contributed by atoms with E-state index >= 15 is 0 Å². The van der Waals surface area contributed by atoms with Gasteiger partial charge in [0.25, 0.3) is 0 Å². The molecule has 1 aliphatic heterocycles. The maximum Gasteiger partial charge on any atom is 0.418 e. The number of anilines is 2. The molecule has 6 heteroatoms. The van der Waals surface area contributed by atoms with Gasteiger partial charge in [0.05, 0.1) is 11.7 Å². The number of hydrogen-bond acceptors (Lipinski definition) is 3. The van der Waals surface area contributed by atoms with Crippen molar-refractivity contribution in [1.82, 2.24) is 0 Å². The first-order valence-electron chi connectivity index (χ1n) is 5.77. The lowest BCUT2D eigenvalue weighted by atomic mass is 10.0. The second-order valence-corrected chi connectivity index (χ2v) is 4.49. The summed E-state index contributed by atoms with van der Waals surface area (Å²) in [5.41, 5.74) is 4.95. The van der Waals surface area contributed by atoms with Gasteiger partial charge in [-0.2, -0.15) is 13.2 Å². The minimum absolute atomic E-state index is 0.100. The van der Waals surface area contributed by atoms with Crippen LogP contribution < -0.4 is 10.6 Å². The number of hydrogen-bond donors (Lipinski definition) is 2. The predicted octanol–water partition coefficient (Wildman–Crippen LogP) is 2.25. The fourth-order valence-electron chi connectivity index (χ4n) is 2.16. The van der Waals surface area contributed by atoms with Gasteiger partial charge in [-0.1, -0.05) is 0 Å². The van der Waals surface area contributed by atoms with E-state index in [-0.39, 0.29) is 11.4 Å². The molecule has 1 aromatic carbocycles. The maximum atomic E-state index is 12.9. The second kappa shape index (κ2) is 4.68. The van der Waals surface area contributed by atoms with E-state index in [2.05, 4.69) is 0 Å². The Hall–Kier alpha value is -1.43. The van der Waals surface area contributed by atoms with Crippen molar-refractivity contribution >= 4 is 11.4 Å². The van der Waals surface area contributed by atoms with Gasteiger partial charge in [-0.05, 0) is 31.0 Å². The minimum Gasteiger partial charge on any atom is -0.399 e. The SMILES string of the molecule is Nc1ccc(N2CCC(O)CC2)c(C(F)(F)F)c1. The summed E-state index contributed by atoms with van der Waals surface area (Å²) in [4.78, 5) is 1.65. The molecule has 100 valence electrons. The average molecular weight is 260 g/mol. The molecule has 0 unspecified atom stereocenters. The first kappa shape index (κ1) is 13.0. The molecule has 1 aromatic rings. The van der Waals surface area contributed by atoms with Crippen LogP contribution in [0, 0.1) is 0 Å². The molecule has 0 atom stereocenters. The van der Waals surface area contributed by atoms with Crippen molar-refractivity contribution in [2.45, 2.75) is 25.1 Å². The number of nitrogens with two attached hydrogens (primary N) is 1. The molecule has 18 heavy (non-hydrogen) atoms. The Morgan fingerprint density at radius 1 is 1.22 bits per heavy atom. The van der Waals surface area contributed by atoms with Gasteiger partial charge in [0, 0.05) is 24.5 Å². The molecule has 0 amide bonds. The maximum absolute atomic E-state index is 12.9. The molecule has 0 spiro atoms. The molecule has 1 fully saturated rings. The largest absolute Gasteiger partial charge is 0.418 e. The monoisotopic (exact) mass is 260 g/mol. The molecular weight excluding hydrogens is 245 g/mol. The second-order valence-electron chi connectivity index (χ2n) is 4.49. The van der Waals surface area contributed by atoms with E-state index in [0.717, 1.165) is 6.07 Å². The summed E-state index contributed by atoms with van der Waals surface area (Å²) >= 11 is 0. The van der Waals surface area contributed by atoms with E-state index in [4.69, 9.17) is 5.73 Å². The van der Waals surface area contributed by atoms with Crippen molar-refractivity contribution in [3.8, 4) is 0 Å². The first-order valence-corrected chi connectivity index (χ1v) is 5.77. The van der Waals surface area contributed by atoms with Crippen LogP contribution in [0.15, 0.2) is 18.2 Å². The number of alkyl halides is 3. The molecule has 0 bridgehead atoms. The van der Waals surface area contributed by atoms with E-state index in [0.29, 0.717) is 25.9 Å². The quantitative estimate of drug-likeness (QED) is 0.761. The van der Waals surface area contributed by atoms with Gasteiger partial charge in [-0.3, -0.25) is 0 Å². The molecule has 3 nitrogen and oxygen atoms in total. The highest BCUT2D eigenvalue weighted by molar-refractivity contribution is 5.61. The van der Waals surface area contributed by atoms with E-state index in [1.54, 1.807) is 4.90 Å². The molecule has 1 aliphatic rings. The molecule has 1 saturated heterocycles. The molecular formula is C12H15F3N2O. The van der Waals surface area contributed by atoms with Crippen LogP contribution in [0.2, 0.25) is 0 Å². The summed E-state index contributed by atoms with van der Waals surface area (Å²) in [5.74, 6) is 0. The Bertz CT molecular complexity index is 426. The Morgan fingerprint density at radius 3 is 2.39 bits per heavy atom. The van der Waals surface area contributed by atoms with Crippen LogP contribution in [0.5, 0.6) is 0 Å². The number of aliphatic hydroxyl groups excluding tert-OH is 1. The van der Waals surface area contributed by atoms with Crippen LogP contribution in [0.1, 0.15) is 18.4 Å². The van der Waals surface area contributed by atoms with Gasteiger partial charge in [0.2, 0.25) is 0 Å². The third-order valence-corrected chi connectivity index (χ3v) is 3.13. The molecule has 0 aromatic heterocycles. The molecule has 2 rings (SSSR count). The summed E-state index contributed by atoms with van der Waals surface area (Å²) in [6.07, 6.45) is -3.85. The number of nitrogens with zero attached hydrogens (tertiary/aromatic N) is 1. The summed E-state index contributed by atoms with van der Waals surface area (Å²) in [7, 11) is 0. The van der Waals surface area contributed by atoms with Gasteiger partial charge >= 0.3 is 6.18 Å². The average Bonchev–Trinajstić information content (AvgIpc) is 2.29. The molecule has 0 radical (unpaired) electrons. The predicted molar refractivity (Wildman–Crippen MR) is 63.3 cm³/mol. The van der Waals surface area contributed by atoms with E-state index in [1.165, 1.54) is 12.1 Å². The lowest BCUT2D eigenvalue weighted by Gasteiger charge is -2.33. The summed E-state index contributed by atoms with van der Waals surface area (Å²) in [6.45, 7) is 0.850. The van der Waals surface area contributed by atoms with Crippen LogP contribution >= 0.6 is 0 Å². The van der Waals surface area contributed by atoms with Gasteiger partial charge in [0.15, 0.2) is 0 Å². The number of rotatable bonds is 1. The molecule has 0 saturated carbocycles. The number of benzene rings is 1. The Labute approximate surface area is 103 Å². The third-order valence-electron chi connectivity index (χ3n) is 3.13. The number of nitrogen functional groups attached to an aromatic ring is 1. The van der Waals surface area contributed by atoms with Gasteiger partial charge in [0.1, 0.15) is 0 Å². The summed E-state index contributed by atoms with van der Waals surface area (Å²) in [5, 5.41) is 9.38. The van der Waals surface area contributed by atoms with E-state index < -0.39 is 17.8 Å². The first-order chi connectivity index (χ1) is 8.38. The topological polar surface area (TPSA) is 49.5 Å². The van der Waals surface area contributed by atoms with Crippen LogP contribution in [-0.4, -0.2) is 24.3 Å². The van der Waals surface area contributed by atoms with Crippen molar-refractivity contribution in [2.24, 2.45) is 0 Å². The lowest BCUT2D eigenvalue weighted by molar-refractivity contribution is -0.137. The van der Waals surface area contributed by atoms with Crippen LogP contribution in [0.3, 0.4) is 0 Å². The normalized spacial score (nSPS) is 18.1. The van der Waals surface area contributed by atoms with Crippen molar-refractivity contribution < 1.29 is 18.3 Å². The fourth-order valence-corrected chi connectivity index (χ4v) is 2.16. The molecule has 1 heterocycles. The third kappa shape index (κ3) is 2.69. The zero-order valence-electron chi connectivity index (χ0n) is 9.74. The highest BCUT2D eigenvalue weighted by Gasteiger charge is 2.35. The summed E-state index contributed by atoms with van der Waals surface area (Å²) in [6, 6.07) is 3.83. The van der Waals surface area contributed by atoms with Crippen LogP contribution in [0.4, 0.5) is 24.5 Å². The minimum atomic E-state index is -4.42. The van der Waals surface area contributed by atoms with Crippen LogP contribution in [0.25, 0.3) is 0 Å². The van der Waals surface area contributed by atoms with E-state index in [1.807, 2.05) is 0 Å². The standard InChI is InChI=1S/C12H15F3N2O/c13-12(14,15)10-7-8(16)1-2-11(10)17-5-3-9(18)4-6-17/h1-2,7,9,18H,3-6,16H2. The Balaban J connectivity index is 2.32. The lowest BCUT2D eigenvalue weighted by Crippen LogP contribution is -2.36. The number of piperidine rings is 1. The van der Waals surface area contributed by atoms with E-state index in [9.17, 15) is 18.3 Å². The van der Waals surface area contributed by atoms with Crippen LogP contribution in [-0.2, 0) is 6.18 Å². The highest BCUT2D eigenvalue weighted by atomic mass is 19.4. The van der Waals surface area contributed by atoms with Crippen molar-refractivity contribution in [3.05, 3.63) is 23.8 Å². The van der Waals surface area contributed by atoms with Crippen molar-refractivity contribution in [3.63, 3.8) is 0 Å². The van der Waals surface area contributed by atoms with Gasteiger partial charge < -0.3 is 15.7 Å². The highest BCUT2D eigenvalue weighted by Crippen LogP contribution is 2.38.